The van der Waals surface area contributed by atoms with E-state index in [9.17, 15) is 0 Å². The van der Waals surface area contributed by atoms with Crippen LogP contribution in [0.2, 0.25) is 0 Å². The van der Waals surface area contributed by atoms with Gasteiger partial charge in [0, 0.05) is 31.0 Å². The lowest BCUT2D eigenvalue weighted by Crippen LogP contribution is -2.31. The second-order valence-corrected chi connectivity index (χ2v) is 4.96. The summed E-state index contributed by atoms with van der Waals surface area (Å²) in [6.07, 6.45) is 6.91. The number of nitrogens with zero attached hydrogens (tertiary/aromatic N) is 2. The molecule has 0 atom stereocenters. The number of hydrogen-bond donors (Lipinski definition) is 1. The van der Waals surface area contributed by atoms with Gasteiger partial charge in [0.15, 0.2) is 0 Å². The van der Waals surface area contributed by atoms with Gasteiger partial charge in [-0.3, -0.25) is 4.98 Å². The topological polar surface area (TPSA) is 28.2 Å². The molecule has 2 rings (SSSR count). The molecule has 0 spiro atoms. The molecule has 1 aromatic rings. The fraction of sp³-hybridized carbons (Fsp3) is 0.643. The smallest absolute Gasteiger partial charge is 0.0404 e. The second kappa shape index (κ2) is 6.72. The maximum Gasteiger partial charge on any atom is 0.0404 e. The van der Waals surface area contributed by atoms with Crippen LogP contribution < -0.4 is 5.32 Å². The first-order chi connectivity index (χ1) is 8.34. The highest BCUT2D eigenvalue weighted by molar-refractivity contribution is 5.03. The Morgan fingerprint density at radius 3 is 2.94 bits per heavy atom. The minimum Gasteiger partial charge on any atom is -0.313 e. The summed E-state index contributed by atoms with van der Waals surface area (Å²) in [5.74, 6) is 0. The van der Waals surface area contributed by atoms with Crippen LogP contribution in [0.4, 0.5) is 0 Å². The van der Waals surface area contributed by atoms with E-state index in [1.807, 2.05) is 12.3 Å². The summed E-state index contributed by atoms with van der Waals surface area (Å²) in [5.41, 5.74) is 1.21. The molecule has 0 aromatic carbocycles. The molecule has 1 saturated carbocycles. The number of aromatic nitrogens is 1. The van der Waals surface area contributed by atoms with E-state index in [0.29, 0.717) is 0 Å². The van der Waals surface area contributed by atoms with Crippen molar-refractivity contribution in [3.8, 4) is 0 Å². The molecule has 0 amide bonds. The lowest BCUT2D eigenvalue weighted by atomic mass is 10.2. The van der Waals surface area contributed by atoms with Crippen LogP contribution >= 0.6 is 0 Å². The lowest BCUT2D eigenvalue weighted by Gasteiger charge is -2.16. The van der Waals surface area contributed by atoms with Crippen LogP contribution in [-0.4, -0.2) is 42.6 Å². The largest absolute Gasteiger partial charge is 0.313 e. The summed E-state index contributed by atoms with van der Waals surface area (Å²) in [7, 11) is 2.20. The van der Waals surface area contributed by atoms with Crippen LogP contribution in [0, 0.1) is 0 Å². The predicted molar refractivity (Wildman–Crippen MR) is 71.1 cm³/mol. The van der Waals surface area contributed by atoms with Crippen molar-refractivity contribution >= 4 is 0 Å². The second-order valence-electron chi connectivity index (χ2n) is 4.96. The van der Waals surface area contributed by atoms with Crippen molar-refractivity contribution in [2.75, 3.05) is 26.7 Å². The molecule has 3 heteroatoms. The zero-order valence-corrected chi connectivity index (χ0v) is 10.7. The van der Waals surface area contributed by atoms with Crippen LogP contribution in [0.25, 0.3) is 0 Å². The first kappa shape index (κ1) is 12.5. The molecule has 0 bridgehead atoms. The van der Waals surface area contributed by atoms with Crippen molar-refractivity contribution in [3.05, 3.63) is 30.1 Å². The standard InChI is InChI=1S/C14H23N3/c1-17(12-10-16-14-7-8-14)11-4-6-13-5-2-3-9-15-13/h2-3,5,9,14,16H,4,6-8,10-12H2,1H3. The van der Waals surface area contributed by atoms with E-state index in [2.05, 4.69) is 34.4 Å². The van der Waals surface area contributed by atoms with Gasteiger partial charge in [-0.05, 0) is 51.4 Å². The molecule has 94 valence electrons. The van der Waals surface area contributed by atoms with E-state index in [4.69, 9.17) is 0 Å². The van der Waals surface area contributed by atoms with Gasteiger partial charge in [0.2, 0.25) is 0 Å². The summed E-state index contributed by atoms with van der Waals surface area (Å²) < 4.78 is 0. The van der Waals surface area contributed by atoms with Gasteiger partial charge in [-0.2, -0.15) is 0 Å². The Bertz CT molecular complexity index is 309. The average molecular weight is 233 g/mol. The zero-order chi connectivity index (χ0) is 11.9. The Labute approximate surface area is 104 Å². The predicted octanol–water partition coefficient (Wildman–Crippen LogP) is 1.70. The maximum absolute atomic E-state index is 4.34. The minimum absolute atomic E-state index is 0.830. The third-order valence-electron chi connectivity index (χ3n) is 3.20. The highest BCUT2D eigenvalue weighted by atomic mass is 15.1. The van der Waals surface area contributed by atoms with E-state index in [0.717, 1.165) is 32.1 Å². The lowest BCUT2D eigenvalue weighted by molar-refractivity contribution is 0.326. The van der Waals surface area contributed by atoms with Gasteiger partial charge < -0.3 is 10.2 Å². The Kier molecular flexibility index (Phi) is 4.95. The van der Waals surface area contributed by atoms with Gasteiger partial charge in [0.25, 0.3) is 0 Å². The third-order valence-corrected chi connectivity index (χ3v) is 3.20. The number of aryl methyl sites for hydroxylation is 1. The number of pyridine rings is 1. The van der Waals surface area contributed by atoms with E-state index in [1.165, 1.54) is 25.0 Å². The summed E-state index contributed by atoms with van der Waals surface area (Å²) >= 11 is 0. The highest BCUT2D eigenvalue weighted by Gasteiger charge is 2.19. The normalized spacial score (nSPS) is 15.4. The summed E-state index contributed by atoms with van der Waals surface area (Å²) in [6, 6.07) is 6.97. The van der Waals surface area contributed by atoms with Crippen molar-refractivity contribution < 1.29 is 0 Å². The zero-order valence-electron chi connectivity index (χ0n) is 10.7. The van der Waals surface area contributed by atoms with E-state index in [1.54, 1.807) is 0 Å². The first-order valence-corrected chi connectivity index (χ1v) is 6.66. The van der Waals surface area contributed by atoms with Gasteiger partial charge in [-0.25, -0.2) is 0 Å². The van der Waals surface area contributed by atoms with Crippen LogP contribution in [-0.2, 0) is 6.42 Å². The van der Waals surface area contributed by atoms with Gasteiger partial charge in [0.1, 0.15) is 0 Å². The number of likely N-dealkylation sites (N-methyl/N-ethyl adjacent to an activating group) is 1. The van der Waals surface area contributed by atoms with Crippen molar-refractivity contribution in [1.82, 2.24) is 15.2 Å². The fourth-order valence-electron chi connectivity index (χ4n) is 1.93. The molecule has 17 heavy (non-hydrogen) atoms. The number of nitrogens with one attached hydrogen (secondary N) is 1. The summed E-state index contributed by atoms with van der Waals surface area (Å²) in [4.78, 5) is 6.74. The Hall–Kier alpha value is -0.930. The quantitative estimate of drug-likeness (QED) is 0.741. The molecule has 0 aliphatic heterocycles. The van der Waals surface area contributed by atoms with E-state index >= 15 is 0 Å². The molecule has 0 saturated heterocycles. The van der Waals surface area contributed by atoms with Gasteiger partial charge in [0.05, 0.1) is 0 Å². The van der Waals surface area contributed by atoms with E-state index in [-0.39, 0.29) is 0 Å². The van der Waals surface area contributed by atoms with E-state index < -0.39 is 0 Å². The number of hydrogen-bond acceptors (Lipinski definition) is 3. The molecule has 1 fully saturated rings. The molecule has 1 aromatic heterocycles. The Balaban J connectivity index is 1.51. The molecule has 3 nitrogen and oxygen atoms in total. The van der Waals surface area contributed by atoms with Crippen LogP contribution in [0.15, 0.2) is 24.4 Å². The SMILES string of the molecule is CN(CCCc1ccccn1)CCNC1CC1. The summed E-state index contributed by atoms with van der Waals surface area (Å²) in [6.45, 7) is 3.44. The Morgan fingerprint density at radius 2 is 2.24 bits per heavy atom. The monoisotopic (exact) mass is 233 g/mol. The van der Waals surface area contributed by atoms with Crippen molar-refractivity contribution in [2.45, 2.75) is 31.7 Å². The molecular weight excluding hydrogens is 210 g/mol. The maximum atomic E-state index is 4.34. The van der Waals surface area contributed by atoms with Crippen molar-refractivity contribution in [1.29, 1.82) is 0 Å². The van der Waals surface area contributed by atoms with Crippen molar-refractivity contribution in [3.63, 3.8) is 0 Å². The molecule has 1 aliphatic carbocycles. The molecule has 0 unspecified atom stereocenters. The minimum atomic E-state index is 0.830. The highest BCUT2D eigenvalue weighted by Crippen LogP contribution is 2.17. The molecule has 0 radical (unpaired) electrons. The van der Waals surface area contributed by atoms with Crippen LogP contribution in [0.5, 0.6) is 0 Å². The molecule has 1 aliphatic rings. The van der Waals surface area contributed by atoms with Crippen LogP contribution in [0.3, 0.4) is 0 Å². The third kappa shape index (κ3) is 5.29. The number of rotatable bonds is 8. The van der Waals surface area contributed by atoms with Gasteiger partial charge in [-0.1, -0.05) is 6.07 Å². The molecular formula is C14H23N3. The van der Waals surface area contributed by atoms with Crippen molar-refractivity contribution in [2.24, 2.45) is 0 Å². The molecule has 1 N–H and O–H groups in total. The summed E-state index contributed by atoms with van der Waals surface area (Å²) in [5, 5.41) is 3.54. The average Bonchev–Trinajstić information content (AvgIpc) is 3.14. The van der Waals surface area contributed by atoms with Gasteiger partial charge >= 0.3 is 0 Å². The fourth-order valence-corrected chi connectivity index (χ4v) is 1.93. The Morgan fingerprint density at radius 1 is 1.35 bits per heavy atom. The van der Waals surface area contributed by atoms with Gasteiger partial charge in [-0.15, -0.1) is 0 Å². The molecule has 1 heterocycles. The van der Waals surface area contributed by atoms with Crippen LogP contribution in [0.1, 0.15) is 25.0 Å². The first-order valence-electron chi connectivity index (χ1n) is 6.66.